The predicted octanol–water partition coefficient (Wildman–Crippen LogP) is 8.37. The zero-order valence-electron chi connectivity index (χ0n) is 20.5. The van der Waals surface area contributed by atoms with E-state index in [0.29, 0.717) is 0 Å². The predicted molar refractivity (Wildman–Crippen MR) is 134 cm³/mol. The van der Waals surface area contributed by atoms with Crippen LogP contribution in [0.5, 0.6) is 0 Å². The van der Waals surface area contributed by atoms with Crippen molar-refractivity contribution in [2.75, 3.05) is 39.3 Å². The zero-order chi connectivity index (χ0) is 28.6. The third-order valence-corrected chi connectivity index (χ3v) is 21.9. The van der Waals surface area contributed by atoms with E-state index in [-0.39, 0.29) is 39.3 Å². The van der Waals surface area contributed by atoms with Crippen molar-refractivity contribution in [2.24, 2.45) is 4.99 Å². The summed E-state index contributed by atoms with van der Waals surface area (Å²) in [5, 5.41) is 0. The molecule has 0 amide bonds. The van der Waals surface area contributed by atoms with E-state index in [0.717, 1.165) is 0 Å². The van der Waals surface area contributed by atoms with Crippen LogP contribution < -0.4 is 0 Å². The van der Waals surface area contributed by atoms with Gasteiger partial charge in [0, 0.05) is 0 Å². The van der Waals surface area contributed by atoms with Gasteiger partial charge in [0.25, 0.3) is 0 Å². The molecule has 0 unspecified atom stereocenters. The number of halogens is 11. The Hall–Kier alpha value is 0.1000. The minimum absolute atomic E-state index is 0.135. The molecule has 0 fully saturated rings. The molecule has 0 radical (unpaired) electrons. The summed E-state index contributed by atoms with van der Waals surface area (Å²) in [6.45, 7) is 10.7. The fraction of sp³-hybridized carbons (Fsp3) is 0.842. The van der Waals surface area contributed by atoms with Gasteiger partial charge in [-0.25, -0.2) is 0 Å². The third kappa shape index (κ3) is 4.92. The van der Waals surface area contributed by atoms with E-state index < -0.39 is 56.0 Å². The van der Waals surface area contributed by atoms with Gasteiger partial charge in [-0.3, -0.25) is 0 Å². The first-order chi connectivity index (χ1) is 16.2. The first kappa shape index (κ1) is 34.1. The summed E-state index contributed by atoms with van der Waals surface area (Å²) in [6.07, 6.45) is -18.8. The number of allylic oxidation sites excluding steroid dienone is 1. The second-order valence-corrected chi connectivity index (χ2v) is 18.3. The summed E-state index contributed by atoms with van der Waals surface area (Å²) in [5.41, 5.74) is -2.72. The molecule has 0 bridgehead atoms. The van der Waals surface area contributed by atoms with Crippen molar-refractivity contribution in [3.63, 3.8) is 0 Å². The number of alkyl halides is 9. The molecule has 214 valence electrons. The Bertz CT molecular complexity index is 799. The Morgan fingerprint density at radius 3 is 1.28 bits per heavy atom. The monoisotopic (exact) mass is 694 g/mol. The Morgan fingerprint density at radius 1 is 0.750 bits per heavy atom. The molecule has 17 heteroatoms. The van der Waals surface area contributed by atoms with Gasteiger partial charge in [-0.1, -0.05) is 0 Å². The van der Waals surface area contributed by atoms with Gasteiger partial charge in [0.1, 0.15) is 0 Å². The molecule has 1 aliphatic heterocycles. The van der Waals surface area contributed by atoms with Gasteiger partial charge >= 0.3 is 222 Å². The molecule has 0 spiro atoms. The molecule has 0 atom stereocenters. The molecule has 0 saturated carbocycles. The molecule has 1 rings (SSSR count). The van der Waals surface area contributed by atoms with Gasteiger partial charge in [-0.2, -0.15) is 0 Å². The number of hydrogen-bond acceptors (Lipinski definition) is 5. The van der Waals surface area contributed by atoms with Crippen LogP contribution in [0.2, 0.25) is 0 Å². The molecule has 36 heavy (non-hydrogen) atoms. The Morgan fingerprint density at radius 2 is 1.06 bits per heavy atom. The first-order valence-corrected chi connectivity index (χ1v) is 16.8. The fourth-order valence-electron chi connectivity index (χ4n) is 4.50. The van der Waals surface area contributed by atoms with Crippen molar-refractivity contribution >= 4 is 43.3 Å². The molecular weight excluding hydrogens is 664 g/mol. The van der Waals surface area contributed by atoms with Crippen LogP contribution in [0, 0.1) is 0 Å². The summed E-state index contributed by atoms with van der Waals surface area (Å²) < 4.78 is 135. The minimum atomic E-state index is -6.35. The summed E-state index contributed by atoms with van der Waals surface area (Å²) in [6, 6.07) is 0. The molecule has 1 heterocycles. The van der Waals surface area contributed by atoms with Gasteiger partial charge in [0.2, 0.25) is 0 Å². The number of nitrogens with zero attached hydrogens (tertiary/aromatic N) is 4. The van der Waals surface area contributed by atoms with Gasteiger partial charge < -0.3 is 0 Å². The topological polar surface area (TPSA) is 22.1 Å². The van der Waals surface area contributed by atoms with Gasteiger partial charge in [0.05, 0.1) is 0 Å². The number of hydrogen-bond donors (Lipinski definition) is 0. The molecule has 1 aliphatic rings. The summed E-state index contributed by atoms with van der Waals surface area (Å²) in [7, 11) is 0. The Balaban J connectivity index is 4.50. The van der Waals surface area contributed by atoms with Crippen LogP contribution in [0.15, 0.2) is 16.5 Å². The first-order valence-electron chi connectivity index (χ1n) is 11.1. The summed E-state index contributed by atoms with van der Waals surface area (Å²) in [4.78, 5) is 2.57. The van der Waals surface area contributed by atoms with Crippen molar-refractivity contribution in [2.45, 2.75) is 64.8 Å². The van der Waals surface area contributed by atoms with E-state index >= 15 is 0 Å². The maximum atomic E-state index is 14.6. The van der Waals surface area contributed by atoms with Crippen LogP contribution in [-0.2, 0) is 0 Å². The number of aliphatic imine (C=N–C) groups is 1. The normalized spacial score (nSPS) is 20.2. The van der Waals surface area contributed by atoms with Crippen LogP contribution in [0.4, 0.5) is 43.9 Å². The van der Waals surface area contributed by atoms with Crippen molar-refractivity contribution in [1.29, 1.82) is 0 Å². The standard InChI is InChI=1S/C19H30F10IN4PS/c1-7-32(8-2)35(30,33(9-3)10-4,34(11-5)12-6)15-31-14(13(20)17(21,22)23)16(36-15,18(24,25)26)19(27,28)29/h7-12H2,1-6H3/b14-13+. The van der Waals surface area contributed by atoms with Crippen molar-refractivity contribution in [3.05, 3.63) is 11.5 Å². The molecule has 0 aromatic rings. The molecule has 0 N–H and O–H groups in total. The van der Waals surface area contributed by atoms with E-state index in [1.807, 2.05) is 22.0 Å². The summed E-state index contributed by atoms with van der Waals surface area (Å²) in [5.74, 6) is -3.51. The van der Waals surface area contributed by atoms with E-state index in [1.54, 1.807) is 55.6 Å². The molecule has 0 aliphatic carbocycles. The number of thioether (sulfide) groups is 1. The van der Waals surface area contributed by atoms with E-state index in [2.05, 4.69) is 4.99 Å². The molecular formula is C19H30F10IN4PS. The Labute approximate surface area is 221 Å². The van der Waals surface area contributed by atoms with E-state index in [1.165, 1.54) is 0 Å². The quantitative estimate of drug-likeness (QED) is 0.130. The Kier molecular flexibility index (Phi) is 10.7. The molecule has 0 aromatic carbocycles. The maximum absolute atomic E-state index is 14.6. The fourth-order valence-corrected chi connectivity index (χ4v) is 19.2. The van der Waals surface area contributed by atoms with Gasteiger partial charge in [-0.05, 0) is 0 Å². The van der Waals surface area contributed by atoms with Crippen molar-refractivity contribution in [3.8, 4) is 0 Å². The summed E-state index contributed by atoms with van der Waals surface area (Å²) >= 11 is 0.955. The van der Waals surface area contributed by atoms with Crippen LogP contribution in [0.25, 0.3) is 0 Å². The van der Waals surface area contributed by atoms with Gasteiger partial charge in [-0.15, -0.1) is 0 Å². The van der Waals surface area contributed by atoms with E-state index in [9.17, 15) is 43.9 Å². The molecule has 0 saturated heterocycles. The number of rotatable bonds is 10. The van der Waals surface area contributed by atoms with Crippen LogP contribution in [0.1, 0.15) is 41.5 Å². The van der Waals surface area contributed by atoms with E-state index in [4.69, 9.17) is 0 Å². The average Bonchev–Trinajstić information content (AvgIpc) is 3.18. The zero-order valence-corrected chi connectivity index (χ0v) is 24.4. The van der Waals surface area contributed by atoms with Crippen LogP contribution in [0.3, 0.4) is 0 Å². The third-order valence-electron chi connectivity index (χ3n) is 6.06. The average molecular weight is 694 g/mol. The van der Waals surface area contributed by atoms with Gasteiger partial charge in [0.15, 0.2) is 0 Å². The van der Waals surface area contributed by atoms with Crippen molar-refractivity contribution in [1.82, 2.24) is 14.0 Å². The van der Waals surface area contributed by atoms with Crippen LogP contribution >= 0.6 is 38.5 Å². The SMILES string of the molecule is CCN(CC)P(I)(C1=N/C(=C(/F)C(F)(F)F)C(C(F)(F)F)(C(F)(F)F)S1)(N(CC)CC)N(CC)CC. The molecule has 4 nitrogen and oxygen atoms in total. The molecule has 0 aromatic heterocycles. The second-order valence-electron chi connectivity index (χ2n) is 7.63. The van der Waals surface area contributed by atoms with Crippen molar-refractivity contribution < 1.29 is 43.9 Å². The second kappa shape index (κ2) is 11.3. The van der Waals surface area contributed by atoms with Crippen LogP contribution in [-0.4, -0.2) is 81.3 Å².